The zero-order valence-corrected chi connectivity index (χ0v) is 16.8. The molecule has 0 spiro atoms. The van der Waals surface area contributed by atoms with E-state index < -0.39 is 66.9 Å². The average molecular weight is 438 g/mol. The molecule has 12 heteroatoms. The fourth-order valence-corrected chi connectivity index (χ4v) is 2.48. The monoisotopic (exact) mass is 438 g/mol. The lowest BCUT2D eigenvalue weighted by Crippen LogP contribution is -2.57. The minimum atomic E-state index is -1.56. The van der Waals surface area contributed by atoms with Gasteiger partial charge in [0, 0.05) is 6.42 Å². The lowest BCUT2D eigenvalue weighted by molar-refractivity contribution is -0.143. The van der Waals surface area contributed by atoms with Gasteiger partial charge < -0.3 is 37.0 Å². The van der Waals surface area contributed by atoms with Crippen LogP contribution in [0.3, 0.4) is 0 Å². The molecule has 170 valence electrons. The molecule has 4 unspecified atom stereocenters. The second-order valence-electron chi connectivity index (χ2n) is 6.77. The molecule has 0 bridgehead atoms. The first kappa shape index (κ1) is 25.5. The van der Waals surface area contributed by atoms with Gasteiger partial charge in [-0.2, -0.15) is 0 Å². The number of aliphatic hydroxyl groups excluding tert-OH is 1. The summed E-state index contributed by atoms with van der Waals surface area (Å²) in [7, 11) is 0. The molecule has 0 aliphatic heterocycles. The van der Waals surface area contributed by atoms with Crippen molar-refractivity contribution in [3.05, 3.63) is 35.9 Å². The first-order valence-corrected chi connectivity index (χ1v) is 9.31. The number of hydrogen-bond donors (Lipinski definition) is 7. The standard InChI is InChI=1S/C19H26N4O8/c1-10(21-17(28)12(20)8-15(25)26)16(27)22-13(7-11-5-3-2-4-6-11)18(29)23-14(9-24)19(30)31/h2-6,10,12-14,24H,7-9,20H2,1H3,(H,21,28)(H,22,27)(H,23,29)(H,25,26)(H,30,31). The quantitative estimate of drug-likeness (QED) is 0.185. The molecule has 0 radical (unpaired) electrons. The summed E-state index contributed by atoms with van der Waals surface area (Å²) in [6, 6.07) is 3.28. The minimum Gasteiger partial charge on any atom is -0.481 e. The number of amides is 3. The van der Waals surface area contributed by atoms with Crippen LogP contribution < -0.4 is 21.7 Å². The summed E-state index contributed by atoms with van der Waals surface area (Å²) in [5.41, 5.74) is 6.11. The molecular formula is C19H26N4O8. The number of rotatable bonds is 12. The van der Waals surface area contributed by atoms with Crippen LogP contribution in [0, 0.1) is 0 Å². The molecule has 1 aromatic rings. The highest BCUT2D eigenvalue weighted by Gasteiger charge is 2.29. The van der Waals surface area contributed by atoms with Crippen molar-refractivity contribution in [3.63, 3.8) is 0 Å². The zero-order valence-electron chi connectivity index (χ0n) is 16.8. The van der Waals surface area contributed by atoms with Crippen LogP contribution in [0.2, 0.25) is 0 Å². The SMILES string of the molecule is CC(NC(=O)C(N)CC(=O)O)C(=O)NC(Cc1ccccc1)C(=O)NC(CO)C(=O)O. The molecule has 31 heavy (non-hydrogen) atoms. The summed E-state index contributed by atoms with van der Waals surface area (Å²) < 4.78 is 0. The Kier molecular flexibility index (Phi) is 10.1. The van der Waals surface area contributed by atoms with E-state index in [-0.39, 0.29) is 6.42 Å². The Balaban J connectivity index is 2.88. The van der Waals surface area contributed by atoms with Crippen molar-refractivity contribution in [1.82, 2.24) is 16.0 Å². The second kappa shape index (κ2) is 12.2. The predicted molar refractivity (Wildman–Crippen MR) is 107 cm³/mol. The van der Waals surface area contributed by atoms with Gasteiger partial charge in [0.1, 0.15) is 18.1 Å². The predicted octanol–water partition coefficient (Wildman–Crippen LogP) is -2.42. The van der Waals surface area contributed by atoms with Crippen molar-refractivity contribution < 1.29 is 39.3 Å². The summed E-state index contributed by atoms with van der Waals surface area (Å²) in [5, 5.41) is 33.6. The Morgan fingerprint density at radius 2 is 1.48 bits per heavy atom. The molecule has 0 aliphatic rings. The molecule has 0 saturated heterocycles. The molecule has 0 fully saturated rings. The molecule has 4 atom stereocenters. The van der Waals surface area contributed by atoms with Gasteiger partial charge in [0.25, 0.3) is 0 Å². The van der Waals surface area contributed by atoms with Gasteiger partial charge in [-0.05, 0) is 12.5 Å². The van der Waals surface area contributed by atoms with E-state index in [2.05, 4.69) is 16.0 Å². The normalized spacial score (nSPS) is 14.4. The number of nitrogens with two attached hydrogens (primary N) is 1. The smallest absolute Gasteiger partial charge is 0.328 e. The molecule has 1 rings (SSSR count). The Labute approximate surface area is 177 Å². The van der Waals surface area contributed by atoms with Crippen molar-refractivity contribution in [1.29, 1.82) is 0 Å². The zero-order chi connectivity index (χ0) is 23.6. The van der Waals surface area contributed by atoms with E-state index >= 15 is 0 Å². The molecule has 3 amide bonds. The summed E-state index contributed by atoms with van der Waals surface area (Å²) >= 11 is 0. The Bertz CT molecular complexity index is 801. The first-order valence-electron chi connectivity index (χ1n) is 9.31. The number of aliphatic hydroxyl groups is 1. The Hall–Kier alpha value is -3.51. The second-order valence-corrected chi connectivity index (χ2v) is 6.77. The highest BCUT2D eigenvalue weighted by molar-refractivity contribution is 5.94. The molecule has 0 aliphatic carbocycles. The van der Waals surface area contributed by atoms with Crippen molar-refractivity contribution in [2.45, 2.75) is 43.9 Å². The number of hydrogen-bond acceptors (Lipinski definition) is 7. The summed E-state index contributed by atoms with van der Waals surface area (Å²) in [6.07, 6.45) is -0.619. The molecule has 12 nitrogen and oxygen atoms in total. The van der Waals surface area contributed by atoms with E-state index in [1.54, 1.807) is 30.3 Å². The summed E-state index contributed by atoms with van der Waals surface area (Å²) in [5.74, 6) is -5.21. The third kappa shape index (κ3) is 8.80. The van der Waals surface area contributed by atoms with Gasteiger partial charge in [-0.3, -0.25) is 19.2 Å². The molecule has 8 N–H and O–H groups in total. The van der Waals surface area contributed by atoms with Gasteiger partial charge in [-0.25, -0.2) is 4.79 Å². The van der Waals surface area contributed by atoms with Gasteiger partial charge in [0.15, 0.2) is 0 Å². The number of carbonyl (C=O) groups excluding carboxylic acids is 3. The van der Waals surface area contributed by atoms with Crippen molar-refractivity contribution in [3.8, 4) is 0 Å². The number of nitrogens with one attached hydrogen (secondary N) is 3. The third-order valence-corrected chi connectivity index (χ3v) is 4.20. The van der Waals surface area contributed by atoms with E-state index in [9.17, 15) is 24.0 Å². The fraction of sp³-hybridized carbons (Fsp3) is 0.421. The highest BCUT2D eigenvalue weighted by atomic mass is 16.4. The maximum absolute atomic E-state index is 12.6. The number of carbonyl (C=O) groups is 5. The van der Waals surface area contributed by atoms with E-state index in [0.717, 1.165) is 0 Å². The molecule has 1 aromatic carbocycles. The fourth-order valence-electron chi connectivity index (χ4n) is 2.48. The lowest BCUT2D eigenvalue weighted by Gasteiger charge is -2.23. The van der Waals surface area contributed by atoms with Crippen LogP contribution in [-0.4, -0.2) is 75.8 Å². The largest absolute Gasteiger partial charge is 0.481 e. The van der Waals surface area contributed by atoms with Crippen LogP contribution in [0.1, 0.15) is 18.9 Å². The number of carboxylic acids is 2. The third-order valence-electron chi connectivity index (χ3n) is 4.20. The van der Waals surface area contributed by atoms with E-state index in [1.165, 1.54) is 6.92 Å². The number of benzene rings is 1. The van der Waals surface area contributed by atoms with Gasteiger partial charge in [-0.1, -0.05) is 30.3 Å². The van der Waals surface area contributed by atoms with E-state index in [0.29, 0.717) is 5.56 Å². The van der Waals surface area contributed by atoms with Gasteiger partial charge >= 0.3 is 11.9 Å². The van der Waals surface area contributed by atoms with Gasteiger partial charge in [0.05, 0.1) is 19.1 Å². The number of aliphatic carboxylic acids is 2. The highest BCUT2D eigenvalue weighted by Crippen LogP contribution is 2.05. The molecule has 0 heterocycles. The lowest BCUT2D eigenvalue weighted by atomic mass is 10.0. The van der Waals surface area contributed by atoms with Crippen LogP contribution in [0.5, 0.6) is 0 Å². The minimum absolute atomic E-state index is 0.00930. The summed E-state index contributed by atoms with van der Waals surface area (Å²) in [4.78, 5) is 58.7. The van der Waals surface area contributed by atoms with Gasteiger partial charge in [0.2, 0.25) is 17.7 Å². The molecule has 0 aromatic heterocycles. The Morgan fingerprint density at radius 3 is 2.00 bits per heavy atom. The van der Waals surface area contributed by atoms with Crippen LogP contribution in [0.15, 0.2) is 30.3 Å². The summed E-state index contributed by atoms with van der Waals surface area (Å²) in [6.45, 7) is 0.465. The number of carboxylic acid groups (broad SMARTS) is 2. The van der Waals surface area contributed by atoms with Gasteiger partial charge in [-0.15, -0.1) is 0 Å². The van der Waals surface area contributed by atoms with Crippen LogP contribution in [0.4, 0.5) is 0 Å². The van der Waals surface area contributed by atoms with Crippen molar-refractivity contribution >= 4 is 29.7 Å². The van der Waals surface area contributed by atoms with Crippen LogP contribution in [-0.2, 0) is 30.4 Å². The Morgan fingerprint density at radius 1 is 0.903 bits per heavy atom. The van der Waals surface area contributed by atoms with Crippen LogP contribution in [0.25, 0.3) is 0 Å². The van der Waals surface area contributed by atoms with Crippen LogP contribution >= 0.6 is 0 Å². The molecular weight excluding hydrogens is 412 g/mol. The van der Waals surface area contributed by atoms with Crippen molar-refractivity contribution in [2.24, 2.45) is 5.73 Å². The average Bonchev–Trinajstić information content (AvgIpc) is 2.71. The first-order chi connectivity index (χ1) is 14.5. The van der Waals surface area contributed by atoms with E-state index in [4.69, 9.17) is 21.1 Å². The molecule has 0 saturated carbocycles. The van der Waals surface area contributed by atoms with Crippen molar-refractivity contribution in [2.75, 3.05) is 6.61 Å². The maximum atomic E-state index is 12.6. The topological polar surface area (TPSA) is 208 Å². The maximum Gasteiger partial charge on any atom is 0.328 e. The van der Waals surface area contributed by atoms with E-state index in [1.807, 2.05) is 0 Å².